The number of nitrogens with one attached hydrogen (secondary N) is 1. The summed E-state index contributed by atoms with van der Waals surface area (Å²) in [4.78, 5) is 22.2. The molecular weight excluding hydrogens is 524 g/mol. The molecule has 37 heavy (non-hydrogen) atoms. The van der Waals surface area contributed by atoms with Gasteiger partial charge in [0.1, 0.15) is 22.3 Å². The molecule has 0 aliphatic rings. The first-order valence-corrected chi connectivity index (χ1v) is 12.3. The highest BCUT2D eigenvalue weighted by Gasteiger charge is 2.22. The predicted octanol–water partition coefficient (Wildman–Crippen LogP) is 5.88. The number of hydrogen-bond acceptors (Lipinski definition) is 7. The van der Waals surface area contributed by atoms with Crippen LogP contribution in [0.25, 0.3) is 11.3 Å². The van der Waals surface area contributed by atoms with Crippen molar-refractivity contribution in [2.75, 3.05) is 27.6 Å². The molecule has 0 radical (unpaired) electrons. The van der Waals surface area contributed by atoms with E-state index < -0.39 is 12.7 Å². The van der Waals surface area contributed by atoms with E-state index in [2.05, 4.69) is 10.3 Å². The predicted molar refractivity (Wildman–Crippen MR) is 137 cm³/mol. The van der Waals surface area contributed by atoms with Crippen molar-refractivity contribution >= 4 is 28.8 Å². The van der Waals surface area contributed by atoms with Gasteiger partial charge in [-0.2, -0.15) is 0 Å². The number of pyridine rings is 1. The van der Waals surface area contributed by atoms with Gasteiger partial charge in [-0.05, 0) is 48.5 Å². The maximum atomic E-state index is 13.8. The number of nitrogens with zero attached hydrogens (tertiary/aromatic N) is 2. The molecule has 0 spiro atoms. The van der Waals surface area contributed by atoms with E-state index >= 15 is 0 Å². The minimum absolute atomic E-state index is 0.0335. The minimum atomic E-state index is -1.02. The van der Waals surface area contributed by atoms with Crippen LogP contribution in [-0.2, 0) is 0 Å². The summed E-state index contributed by atoms with van der Waals surface area (Å²) in [5, 5.41) is 5.45. The fraction of sp³-hybridized carbons (Fsp3) is 0.192. The second-order valence-electron chi connectivity index (χ2n) is 7.67. The second kappa shape index (κ2) is 12.0. The number of benzene rings is 2. The van der Waals surface area contributed by atoms with Gasteiger partial charge in [0.25, 0.3) is 5.91 Å². The average Bonchev–Trinajstić information content (AvgIpc) is 3.45. The lowest BCUT2D eigenvalue weighted by atomic mass is 10.0. The van der Waals surface area contributed by atoms with Gasteiger partial charge in [-0.15, -0.1) is 11.3 Å². The summed E-state index contributed by atoms with van der Waals surface area (Å²) in [7, 11) is 2.92. The number of carbonyl (C=O) groups is 1. The van der Waals surface area contributed by atoms with Gasteiger partial charge in [-0.25, -0.2) is 18.7 Å². The lowest BCUT2D eigenvalue weighted by Crippen LogP contribution is -2.29. The third-order valence-corrected chi connectivity index (χ3v) is 6.68. The van der Waals surface area contributed by atoms with E-state index in [1.807, 2.05) is 5.38 Å². The molecule has 2 aromatic carbocycles. The van der Waals surface area contributed by atoms with Crippen LogP contribution >= 0.6 is 22.9 Å². The van der Waals surface area contributed by atoms with Crippen molar-refractivity contribution in [1.29, 1.82) is 0 Å². The lowest BCUT2D eigenvalue weighted by Gasteiger charge is -2.18. The Labute approximate surface area is 221 Å². The van der Waals surface area contributed by atoms with E-state index in [0.29, 0.717) is 28.3 Å². The van der Waals surface area contributed by atoms with E-state index in [4.69, 9.17) is 30.8 Å². The summed E-state index contributed by atoms with van der Waals surface area (Å²) in [6, 6.07) is 12.3. The first-order chi connectivity index (χ1) is 17.9. The maximum Gasteiger partial charge on any atom is 0.251 e. The Kier molecular flexibility index (Phi) is 8.52. The fourth-order valence-electron chi connectivity index (χ4n) is 3.68. The molecule has 2 heterocycles. The third kappa shape index (κ3) is 5.98. The largest absolute Gasteiger partial charge is 0.494 e. The van der Waals surface area contributed by atoms with Crippen LogP contribution in [0.5, 0.6) is 17.2 Å². The standard InChI is InChI=1S/C26H22ClF2N3O4S/c1-34-22-8-6-20(32-24(22)15-3-5-19(29)18(27)11-15)17(26-30-9-10-37-26)13-31-25(33)16-4-7-21(36-14-28)23(12-16)35-2/h3-12,17H,13-14H2,1-2H3,(H,31,33). The minimum Gasteiger partial charge on any atom is -0.494 e. The highest BCUT2D eigenvalue weighted by molar-refractivity contribution is 7.09. The maximum absolute atomic E-state index is 13.8. The number of carbonyl (C=O) groups excluding carboxylic acids is 1. The van der Waals surface area contributed by atoms with Crippen LogP contribution in [0.1, 0.15) is 27.0 Å². The molecule has 192 valence electrons. The topological polar surface area (TPSA) is 82.6 Å². The molecule has 11 heteroatoms. The number of methoxy groups -OCH3 is 2. The molecule has 7 nitrogen and oxygen atoms in total. The van der Waals surface area contributed by atoms with E-state index in [9.17, 15) is 13.6 Å². The molecule has 1 atom stereocenters. The first-order valence-electron chi connectivity index (χ1n) is 11.0. The smallest absolute Gasteiger partial charge is 0.251 e. The number of aromatic nitrogens is 2. The van der Waals surface area contributed by atoms with Crippen LogP contribution in [0.2, 0.25) is 5.02 Å². The van der Waals surface area contributed by atoms with Crippen LogP contribution in [0.3, 0.4) is 0 Å². The Morgan fingerprint density at radius 2 is 1.86 bits per heavy atom. The monoisotopic (exact) mass is 545 g/mol. The molecule has 1 N–H and O–H groups in total. The normalized spacial score (nSPS) is 11.6. The highest BCUT2D eigenvalue weighted by Crippen LogP contribution is 2.34. The summed E-state index contributed by atoms with van der Waals surface area (Å²) in [6.45, 7) is -0.835. The highest BCUT2D eigenvalue weighted by atomic mass is 35.5. The SMILES string of the molecule is COc1cc(C(=O)NCC(c2ccc(OC)c(-c3ccc(F)c(Cl)c3)n2)c2nccs2)ccc1OCF. The van der Waals surface area contributed by atoms with Gasteiger partial charge in [0.2, 0.25) is 6.86 Å². The van der Waals surface area contributed by atoms with Crippen molar-refractivity contribution in [3.63, 3.8) is 0 Å². The zero-order chi connectivity index (χ0) is 26.4. The number of ether oxygens (including phenoxy) is 3. The molecule has 4 rings (SSSR count). The van der Waals surface area contributed by atoms with Crippen molar-refractivity contribution < 1.29 is 27.8 Å². The summed E-state index contributed by atoms with van der Waals surface area (Å²) in [5.41, 5.74) is 1.98. The van der Waals surface area contributed by atoms with Gasteiger partial charge < -0.3 is 19.5 Å². The molecule has 0 fully saturated rings. The number of thiazole rings is 1. The molecule has 0 saturated heterocycles. The Bertz CT molecular complexity index is 1390. The molecule has 1 amide bonds. The van der Waals surface area contributed by atoms with Gasteiger partial charge in [0.15, 0.2) is 11.5 Å². The molecule has 0 saturated carbocycles. The van der Waals surface area contributed by atoms with Gasteiger partial charge in [-0.1, -0.05) is 11.6 Å². The van der Waals surface area contributed by atoms with Crippen molar-refractivity contribution in [3.8, 4) is 28.5 Å². The van der Waals surface area contributed by atoms with Gasteiger partial charge in [-0.3, -0.25) is 4.79 Å². The zero-order valence-corrected chi connectivity index (χ0v) is 21.4. The van der Waals surface area contributed by atoms with Gasteiger partial charge in [0, 0.05) is 29.2 Å². The molecule has 4 aromatic rings. The fourth-order valence-corrected chi connectivity index (χ4v) is 4.61. The molecule has 1 unspecified atom stereocenters. The third-order valence-electron chi connectivity index (χ3n) is 5.50. The number of halogens is 3. The number of hydrogen-bond donors (Lipinski definition) is 1. The summed E-state index contributed by atoms with van der Waals surface area (Å²) >= 11 is 7.43. The van der Waals surface area contributed by atoms with E-state index in [0.717, 1.165) is 5.01 Å². The Morgan fingerprint density at radius 1 is 1.08 bits per heavy atom. The van der Waals surface area contributed by atoms with Crippen molar-refractivity contribution in [3.05, 3.63) is 87.2 Å². The van der Waals surface area contributed by atoms with Gasteiger partial charge >= 0.3 is 0 Å². The first kappa shape index (κ1) is 26.3. The Hall–Kier alpha value is -3.76. The van der Waals surface area contributed by atoms with Crippen molar-refractivity contribution in [2.45, 2.75) is 5.92 Å². The Morgan fingerprint density at radius 3 is 2.54 bits per heavy atom. The average molecular weight is 546 g/mol. The number of rotatable bonds is 10. The zero-order valence-electron chi connectivity index (χ0n) is 19.8. The van der Waals surface area contributed by atoms with E-state index in [1.54, 1.807) is 24.4 Å². The summed E-state index contributed by atoms with van der Waals surface area (Å²) in [5.74, 6) is -0.383. The van der Waals surface area contributed by atoms with Crippen LogP contribution in [0.15, 0.2) is 60.1 Å². The molecule has 0 aliphatic carbocycles. The van der Waals surface area contributed by atoms with Crippen molar-refractivity contribution in [2.24, 2.45) is 0 Å². The van der Waals surface area contributed by atoms with E-state index in [1.165, 1.54) is 55.9 Å². The molecule has 2 aromatic heterocycles. The second-order valence-corrected chi connectivity index (χ2v) is 9.00. The molecule has 0 aliphatic heterocycles. The number of amides is 1. The summed E-state index contributed by atoms with van der Waals surface area (Å²) in [6.07, 6.45) is 1.67. The number of alkyl halides is 1. The van der Waals surface area contributed by atoms with Crippen LogP contribution in [-0.4, -0.2) is 43.5 Å². The quantitative estimate of drug-likeness (QED) is 0.268. The van der Waals surface area contributed by atoms with Crippen LogP contribution in [0.4, 0.5) is 8.78 Å². The van der Waals surface area contributed by atoms with Gasteiger partial charge in [0.05, 0.1) is 30.9 Å². The van der Waals surface area contributed by atoms with Crippen LogP contribution in [0, 0.1) is 5.82 Å². The van der Waals surface area contributed by atoms with E-state index in [-0.39, 0.29) is 34.9 Å². The summed E-state index contributed by atoms with van der Waals surface area (Å²) < 4.78 is 41.9. The molecule has 0 bridgehead atoms. The molecular formula is C26H22ClF2N3O4S. The Balaban J connectivity index is 1.63. The van der Waals surface area contributed by atoms with Crippen LogP contribution < -0.4 is 19.5 Å². The lowest BCUT2D eigenvalue weighted by molar-refractivity contribution is 0.0952. The van der Waals surface area contributed by atoms with Crippen molar-refractivity contribution in [1.82, 2.24) is 15.3 Å².